The van der Waals surface area contributed by atoms with Crippen LogP contribution in [-0.4, -0.2) is 18.3 Å². The highest BCUT2D eigenvalue weighted by Gasteiger charge is 2.11. The molecule has 0 aromatic heterocycles. The number of carbonyl (C=O) groups is 1. The van der Waals surface area contributed by atoms with E-state index in [-0.39, 0.29) is 5.91 Å². The second-order valence-electron chi connectivity index (χ2n) is 4.53. The molecular weight excluding hydrogens is 260 g/mol. The molecule has 1 atom stereocenters. The Morgan fingerprint density at radius 1 is 1.47 bits per heavy atom. The van der Waals surface area contributed by atoms with Gasteiger partial charge in [-0.25, -0.2) is 0 Å². The number of nitrogens with one attached hydrogen (secondary N) is 1. The highest BCUT2D eigenvalue weighted by atomic mass is 35.5. The van der Waals surface area contributed by atoms with Crippen molar-refractivity contribution in [2.75, 3.05) is 12.4 Å². The Kier molecular flexibility index (Phi) is 6.99. The minimum atomic E-state index is -0.132. The van der Waals surface area contributed by atoms with E-state index in [2.05, 4.69) is 12.2 Å². The van der Waals surface area contributed by atoms with Crippen LogP contribution < -0.4 is 5.32 Å². The summed E-state index contributed by atoms with van der Waals surface area (Å²) in [6, 6.07) is 8.75. The van der Waals surface area contributed by atoms with Crippen LogP contribution in [0.15, 0.2) is 24.3 Å². The summed E-state index contributed by atoms with van der Waals surface area (Å²) in [6.45, 7) is 2.76. The largest absolute Gasteiger partial charge is 0.352 e. The molecule has 1 N–H and O–H groups in total. The quantitative estimate of drug-likeness (QED) is 0.778. The maximum atomic E-state index is 12.0. The van der Waals surface area contributed by atoms with Crippen LogP contribution in [0.1, 0.15) is 42.1 Å². The van der Waals surface area contributed by atoms with Crippen molar-refractivity contribution in [3.63, 3.8) is 0 Å². The monoisotopic (exact) mass is 278 g/mol. The van der Waals surface area contributed by atoms with Gasteiger partial charge in [0.1, 0.15) is 0 Å². The van der Waals surface area contributed by atoms with Crippen molar-refractivity contribution in [2.24, 2.45) is 5.92 Å². The van der Waals surface area contributed by atoms with E-state index in [1.807, 2.05) is 6.07 Å². The molecule has 0 aliphatic carbocycles. The minimum Gasteiger partial charge on any atom is -0.352 e. The SMILES string of the molecule is CCCC(CCCl)CNC(=O)c1cccc(C#N)c1. The van der Waals surface area contributed by atoms with E-state index in [0.29, 0.717) is 29.5 Å². The highest BCUT2D eigenvalue weighted by molar-refractivity contribution is 6.17. The van der Waals surface area contributed by atoms with Gasteiger partial charge < -0.3 is 5.32 Å². The van der Waals surface area contributed by atoms with E-state index in [1.165, 1.54) is 0 Å². The Morgan fingerprint density at radius 2 is 2.26 bits per heavy atom. The van der Waals surface area contributed by atoms with Gasteiger partial charge in [0.05, 0.1) is 11.6 Å². The van der Waals surface area contributed by atoms with Crippen LogP contribution in [0.2, 0.25) is 0 Å². The number of halogens is 1. The Balaban J connectivity index is 2.56. The van der Waals surface area contributed by atoms with Crippen molar-refractivity contribution in [1.82, 2.24) is 5.32 Å². The summed E-state index contributed by atoms with van der Waals surface area (Å²) in [5.74, 6) is 0.906. The van der Waals surface area contributed by atoms with Gasteiger partial charge in [-0.1, -0.05) is 19.4 Å². The number of carbonyl (C=O) groups excluding carboxylic acids is 1. The van der Waals surface area contributed by atoms with Gasteiger partial charge in [-0.3, -0.25) is 4.79 Å². The van der Waals surface area contributed by atoms with Gasteiger partial charge in [0.15, 0.2) is 0 Å². The van der Waals surface area contributed by atoms with Crippen molar-refractivity contribution < 1.29 is 4.79 Å². The first-order valence-electron chi connectivity index (χ1n) is 6.55. The van der Waals surface area contributed by atoms with Crippen molar-refractivity contribution in [1.29, 1.82) is 5.26 Å². The van der Waals surface area contributed by atoms with Crippen molar-refractivity contribution in [3.8, 4) is 6.07 Å². The van der Waals surface area contributed by atoms with Gasteiger partial charge in [0.2, 0.25) is 0 Å². The van der Waals surface area contributed by atoms with Crippen molar-refractivity contribution in [3.05, 3.63) is 35.4 Å². The zero-order valence-corrected chi connectivity index (χ0v) is 11.9. The molecule has 1 aromatic carbocycles. The van der Waals surface area contributed by atoms with Gasteiger partial charge in [-0.15, -0.1) is 11.6 Å². The lowest BCUT2D eigenvalue weighted by Gasteiger charge is -2.15. The Hall–Kier alpha value is -1.53. The topological polar surface area (TPSA) is 52.9 Å². The molecule has 3 nitrogen and oxygen atoms in total. The van der Waals surface area contributed by atoms with Crippen molar-refractivity contribution >= 4 is 17.5 Å². The molecule has 1 rings (SSSR count). The number of benzene rings is 1. The first kappa shape index (κ1) is 15.5. The van der Waals surface area contributed by atoms with Gasteiger partial charge in [-0.2, -0.15) is 5.26 Å². The van der Waals surface area contributed by atoms with Gasteiger partial charge >= 0.3 is 0 Å². The summed E-state index contributed by atoms with van der Waals surface area (Å²) >= 11 is 5.76. The minimum absolute atomic E-state index is 0.132. The van der Waals surface area contributed by atoms with E-state index in [1.54, 1.807) is 24.3 Å². The summed E-state index contributed by atoms with van der Waals surface area (Å²) in [7, 11) is 0. The zero-order valence-electron chi connectivity index (χ0n) is 11.2. The van der Waals surface area contributed by atoms with E-state index in [4.69, 9.17) is 16.9 Å². The third-order valence-corrected chi connectivity index (χ3v) is 3.24. The fourth-order valence-corrected chi connectivity index (χ4v) is 2.29. The molecule has 0 bridgehead atoms. The standard InChI is InChI=1S/C15H19ClN2O/c1-2-4-12(7-8-16)11-18-15(19)14-6-3-5-13(9-14)10-17/h3,5-6,9,12H,2,4,7-8,11H2,1H3,(H,18,19). The van der Waals surface area contributed by atoms with Crippen LogP contribution in [0.4, 0.5) is 0 Å². The zero-order chi connectivity index (χ0) is 14.1. The number of alkyl halides is 1. The predicted octanol–water partition coefficient (Wildman–Crippen LogP) is 3.33. The lowest BCUT2D eigenvalue weighted by Crippen LogP contribution is -2.29. The molecule has 4 heteroatoms. The summed E-state index contributed by atoms with van der Waals surface area (Å²) in [4.78, 5) is 12.0. The maximum absolute atomic E-state index is 12.0. The van der Waals surface area contributed by atoms with Crippen molar-refractivity contribution in [2.45, 2.75) is 26.2 Å². The van der Waals surface area contributed by atoms with Gasteiger partial charge in [-0.05, 0) is 37.0 Å². The fraction of sp³-hybridized carbons (Fsp3) is 0.467. The molecule has 102 valence electrons. The first-order valence-corrected chi connectivity index (χ1v) is 7.09. The predicted molar refractivity (Wildman–Crippen MR) is 77.2 cm³/mol. The van der Waals surface area contributed by atoms with E-state index >= 15 is 0 Å². The lowest BCUT2D eigenvalue weighted by molar-refractivity contribution is 0.0946. The fourth-order valence-electron chi connectivity index (χ4n) is 1.98. The van der Waals surface area contributed by atoms with E-state index < -0.39 is 0 Å². The lowest BCUT2D eigenvalue weighted by atomic mass is 10.0. The van der Waals surface area contributed by atoms with E-state index in [0.717, 1.165) is 19.3 Å². The summed E-state index contributed by atoms with van der Waals surface area (Å²) < 4.78 is 0. The number of nitriles is 1. The second kappa shape index (κ2) is 8.55. The molecule has 0 aliphatic rings. The number of amides is 1. The molecule has 0 radical (unpaired) electrons. The number of nitrogens with zero attached hydrogens (tertiary/aromatic N) is 1. The van der Waals surface area contributed by atoms with Crippen LogP contribution >= 0.6 is 11.6 Å². The van der Waals surface area contributed by atoms with Crippen LogP contribution in [0.5, 0.6) is 0 Å². The van der Waals surface area contributed by atoms with Crippen LogP contribution in [0.3, 0.4) is 0 Å². The number of hydrogen-bond acceptors (Lipinski definition) is 2. The van der Waals surface area contributed by atoms with Gasteiger partial charge in [0, 0.05) is 18.0 Å². The van der Waals surface area contributed by atoms with Gasteiger partial charge in [0.25, 0.3) is 5.91 Å². The molecule has 19 heavy (non-hydrogen) atoms. The second-order valence-corrected chi connectivity index (χ2v) is 4.91. The Labute approximate surface area is 119 Å². The average Bonchev–Trinajstić information content (AvgIpc) is 2.45. The van der Waals surface area contributed by atoms with Crippen LogP contribution in [0, 0.1) is 17.2 Å². The summed E-state index contributed by atoms with van der Waals surface area (Å²) in [5, 5.41) is 11.7. The maximum Gasteiger partial charge on any atom is 0.251 e. The Bertz CT molecular complexity index is 448. The first-order chi connectivity index (χ1) is 9.21. The van der Waals surface area contributed by atoms with Crippen LogP contribution in [-0.2, 0) is 0 Å². The molecular formula is C15H19ClN2O. The summed E-state index contributed by atoms with van der Waals surface area (Å²) in [5.41, 5.74) is 1.03. The molecule has 0 saturated heterocycles. The normalized spacial score (nSPS) is 11.6. The smallest absolute Gasteiger partial charge is 0.251 e. The van der Waals surface area contributed by atoms with Crippen LogP contribution in [0.25, 0.3) is 0 Å². The summed E-state index contributed by atoms with van der Waals surface area (Å²) in [6.07, 6.45) is 3.06. The molecule has 1 amide bonds. The molecule has 1 unspecified atom stereocenters. The molecule has 0 saturated carbocycles. The molecule has 0 heterocycles. The molecule has 0 fully saturated rings. The number of hydrogen-bond donors (Lipinski definition) is 1. The Morgan fingerprint density at radius 3 is 2.89 bits per heavy atom. The molecule has 1 aromatic rings. The third-order valence-electron chi connectivity index (χ3n) is 3.02. The molecule has 0 spiro atoms. The molecule has 0 aliphatic heterocycles. The third kappa shape index (κ3) is 5.32. The van der Waals surface area contributed by atoms with E-state index in [9.17, 15) is 4.79 Å². The number of rotatable bonds is 7. The highest BCUT2D eigenvalue weighted by Crippen LogP contribution is 2.11. The average molecular weight is 279 g/mol.